The Kier molecular flexibility index (Phi) is 5.19. The Balaban J connectivity index is 1.75. The Morgan fingerprint density at radius 2 is 1.81 bits per heavy atom. The number of carbonyl (C=O) groups is 2. The van der Waals surface area contributed by atoms with Crippen molar-refractivity contribution in [3.05, 3.63) is 60.3 Å². The average molecular weight is 352 g/mol. The minimum Gasteiger partial charge on any atom is -0.383 e. The SMILES string of the molecule is COCCn1cc(NC(=O)Nc2ccc(C(N)=O)cc2)c2ccccc21. The maximum absolute atomic E-state index is 12.3. The van der Waals surface area contributed by atoms with Crippen LogP contribution in [0.5, 0.6) is 0 Å². The first-order valence-corrected chi connectivity index (χ1v) is 8.13. The third kappa shape index (κ3) is 3.84. The van der Waals surface area contributed by atoms with Crippen molar-refractivity contribution in [1.82, 2.24) is 4.57 Å². The van der Waals surface area contributed by atoms with Crippen LogP contribution in [0.15, 0.2) is 54.7 Å². The summed E-state index contributed by atoms with van der Waals surface area (Å²) in [5.74, 6) is -0.509. The number of nitrogens with one attached hydrogen (secondary N) is 2. The van der Waals surface area contributed by atoms with Gasteiger partial charge in [-0.15, -0.1) is 0 Å². The number of methoxy groups -OCH3 is 1. The van der Waals surface area contributed by atoms with Crippen LogP contribution >= 0.6 is 0 Å². The van der Waals surface area contributed by atoms with Crippen LogP contribution in [-0.2, 0) is 11.3 Å². The molecule has 1 heterocycles. The Hall–Kier alpha value is -3.32. The molecule has 7 nitrogen and oxygen atoms in total. The molecule has 0 aliphatic heterocycles. The zero-order chi connectivity index (χ0) is 18.5. The number of hydrogen-bond acceptors (Lipinski definition) is 3. The van der Waals surface area contributed by atoms with Crippen LogP contribution in [0.25, 0.3) is 10.9 Å². The van der Waals surface area contributed by atoms with E-state index in [2.05, 4.69) is 10.6 Å². The fraction of sp³-hybridized carbons (Fsp3) is 0.158. The monoisotopic (exact) mass is 352 g/mol. The highest BCUT2D eigenvalue weighted by Gasteiger charge is 2.11. The summed E-state index contributed by atoms with van der Waals surface area (Å²) in [5.41, 5.74) is 7.89. The Bertz CT molecular complexity index is 932. The van der Waals surface area contributed by atoms with Crippen LogP contribution in [0, 0.1) is 0 Å². The van der Waals surface area contributed by atoms with Crippen LogP contribution in [0.1, 0.15) is 10.4 Å². The van der Waals surface area contributed by atoms with Gasteiger partial charge in [-0.1, -0.05) is 18.2 Å². The van der Waals surface area contributed by atoms with E-state index in [1.54, 1.807) is 31.4 Å². The number of hydrogen-bond donors (Lipinski definition) is 3. The lowest BCUT2D eigenvalue weighted by molar-refractivity contribution is 0.100. The standard InChI is InChI=1S/C19H20N4O3/c1-26-11-10-23-12-16(15-4-2-3-5-17(15)23)22-19(25)21-14-8-6-13(7-9-14)18(20)24/h2-9,12H,10-11H2,1H3,(H2,20,24)(H2,21,22,25). The molecule has 3 aromatic rings. The van der Waals surface area contributed by atoms with Crippen LogP contribution in [0.2, 0.25) is 0 Å². The van der Waals surface area contributed by atoms with Crippen LogP contribution < -0.4 is 16.4 Å². The number of amides is 3. The highest BCUT2D eigenvalue weighted by Crippen LogP contribution is 2.26. The van der Waals surface area contributed by atoms with E-state index in [1.807, 2.05) is 35.0 Å². The number of benzene rings is 2. The largest absolute Gasteiger partial charge is 0.383 e. The van der Waals surface area contributed by atoms with E-state index >= 15 is 0 Å². The summed E-state index contributed by atoms with van der Waals surface area (Å²) in [5, 5.41) is 6.55. The molecule has 3 amide bonds. The fourth-order valence-corrected chi connectivity index (χ4v) is 2.72. The lowest BCUT2D eigenvalue weighted by Gasteiger charge is -2.07. The number of urea groups is 1. The Morgan fingerprint density at radius 1 is 1.08 bits per heavy atom. The van der Waals surface area contributed by atoms with Gasteiger partial charge >= 0.3 is 6.03 Å². The normalized spacial score (nSPS) is 10.7. The van der Waals surface area contributed by atoms with E-state index in [1.165, 1.54) is 0 Å². The predicted octanol–water partition coefficient (Wildman–Crippen LogP) is 3.03. The quantitative estimate of drug-likeness (QED) is 0.636. The van der Waals surface area contributed by atoms with Crippen molar-refractivity contribution in [2.24, 2.45) is 5.73 Å². The molecule has 0 aliphatic rings. The molecule has 0 saturated carbocycles. The van der Waals surface area contributed by atoms with Crippen LogP contribution in [-0.4, -0.2) is 30.2 Å². The minimum atomic E-state index is -0.509. The number of ether oxygens (including phenoxy) is 1. The highest BCUT2D eigenvalue weighted by molar-refractivity contribution is 6.06. The van der Waals surface area contributed by atoms with Gasteiger partial charge in [0.2, 0.25) is 5.91 Å². The summed E-state index contributed by atoms with van der Waals surface area (Å²) in [6.07, 6.45) is 1.89. The first kappa shape index (κ1) is 17.5. The number of carbonyl (C=O) groups excluding carboxylic acids is 2. The maximum Gasteiger partial charge on any atom is 0.323 e. The molecule has 0 bridgehead atoms. The molecular formula is C19H20N4O3. The van der Waals surface area contributed by atoms with Gasteiger partial charge in [-0.25, -0.2) is 4.79 Å². The second-order valence-electron chi connectivity index (χ2n) is 5.77. The lowest BCUT2D eigenvalue weighted by Crippen LogP contribution is -2.19. The van der Waals surface area contributed by atoms with Gasteiger partial charge in [0.05, 0.1) is 17.8 Å². The minimum absolute atomic E-state index is 0.369. The first-order valence-electron chi connectivity index (χ1n) is 8.13. The van der Waals surface area contributed by atoms with Gasteiger partial charge in [0.1, 0.15) is 0 Å². The van der Waals surface area contributed by atoms with E-state index < -0.39 is 5.91 Å². The molecule has 134 valence electrons. The van der Waals surface area contributed by atoms with Gasteiger partial charge in [-0.05, 0) is 30.3 Å². The van der Waals surface area contributed by atoms with Gasteiger partial charge in [0.25, 0.3) is 0 Å². The molecule has 3 rings (SSSR count). The summed E-state index contributed by atoms with van der Waals surface area (Å²) < 4.78 is 7.17. The highest BCUT2D eigenvalue weighted by atomic mass is 16.5. The number of para-hydroxylation sites is 1. The number of aromatic nitrogens is 1. The average Bonchev–Trinajstić information content (AvgIpc) is 2.98. The second-order valence-corrected chi connectivity index (χ2v) is 5.77. The Morgan fingerprint density at radius 3 is 2.50 bits per heavy atom. The van der Waals surface area contributed by atoms with Crippen molar-refractivity contribution >= 4 is 34.2 Å². The summed E-state index contributed by atoms with van der Waals surface area (Å²) in [7, 11) is 1.65. The van der Waals surface area contributed by atoms with Crippen LogP contribution in [0.4, 0.5) is 16.2 Å². The van der Waals surface area contributed by atoms with Gasteiger partial charge < -0.3 is 25.7 Å². The maximum atomic E-state index is 12.3. The van der Waals surface area contributed by atoms with E-state index in [-0.39, 0.29) is 6.03 Å². The Labute approximate surface area is 150 Å². The molecule has 4 N–H and O–H groups in total. The van der Waals surface area contributed by atoms with Gasteiger partial charge in [-0.2, -0.15) is 0 Å². The molecule has 0 unspecified atom stereocenters. The number of nitrogens with two attached hydrogens (primary N) is 1. The summed E-state index contributed by atoms with van der Waals surface area (Å²) in [6.45, 7) is 1.27. The molecule has 26 heavy (non-hydrogen) atoms. The van der Waals surface area contributed by atoms with Gasteiger partial charge in [0, 0.05) is 36.5 Å². The zero-order valence-electron chi connectivity index (χ0n) is 14.4. The second kappa shape index (κ2) is 7.71. The van der Waals surface area contributed by atoms with Crippen LogP contribution in [0.3, 0.4) is 0 Å². The van der Waals surface area contributed by atoms with Crippen molar-refractivity contribution in [3.8, 4) is 0 Å². The molecular weight excluding hydrogens is 332 g/mol. The lowest BCUT2D eigenvalue weighted by atomic mass is 10.2. The molecule has 0 saturated heterocycles. The third-order valence-electron chi connectivity index (χ3n) is 4.00. The van der Waals surface area contributed by atoms with E-state index in [4.69, 9.17) is 10.5 Å². The molecule has 1 aromatic heterocycles. The smallest absolute Gasteiger partial charge is 0.323 e. The third-order valence-corrected chi connectivity index (χ3v) is 4.00. The van der Waals surface area contributed by atoms with Gasteiger partial charge in [-0.3, -0.25) is 4.79 Å². The topological polar surface area (TPSA) is 98.4 Å². The van der Waals surface area contributed by atoms with E-state index in [0.29, 0.717) is 30.1 Å². The zero-order valence-corrected chi connectivity index (χ0v) is 14.4. The van der Waals surface area contributed by atoms with E-state index in [0.717, 1.165) is 10.9 Å². The molecule has 0 aliphatic carbocycles. The van der Waals surface area contributed by atoms with Gasteiger partial charge in [0.15, 0.2) is 0 Å². The van der Waals surface area contributed by atoms with Crippen molar-refractivity contribution < 1.29 is 14.3 Å². The number of primary amides is 1. The molecule has 0 atom stereocenters. The predicted molar refractivity (Wildman–Crippen MR) is 101 cm³/mol. The summed E-state index contributed by atoms with van der Waals surface area (Å²) in [6, 6.07) is 13.8. The van der Waals surface area contributed by atoms with Crippen molar-refractivity contribution in [2.75, 3.05) is 24.4 Å². The van der Waals surface area contributed by atoms with Crippen molar-refractivity contribution in [3.63, 3.8) is 0 Å². The summed E-state index contributed by atoms with van der Waals surface area (Å²) >= 11 is 0. The molecule has 0 radical (unpaired) electrons. The molecule has 7 heteroatoms. The van der Waals surface area contributed by atoms with Crippen molar-refractivity contribution in [2.45, 2.75) is 6.54 Å². The van der Waals surface area contributed by atoms with Crippen molar-refractivity contribution in [1.29, 1.82) is 0 Å². The first-order chi connectivity index (χ1) is 12.6. The van der Waals surface area contributed by atoms with E-state index in [9.17, 15) is 9.59 Å². The summed E-state index contributed by atoms with van der Waals surface area (Å²) in [4.78, 5) is 23.4. The molecule has 0 spiro atoms. The number of fused-ring (bicyclic) bond motifs is 1. The molecule has 0 fully saturated rings. The number of anilines is 2. The number of nitrogens with zero attached hydrogens (tertiary/aromatic N) is 1. The molecule has 2 aromatic carbocycles. The fourth-order valence-electron chi connectivity index (χ4n) is 2.72. The number of rotatable bonds is 6.